The Hall–Kier alpha value is -0.820. The fourth-order valence-electron chi connectivity index (χ4n) is 2.70. The summed E-state index contributed by atoms with van der Waals surface area (Å²) in [6.45, 7) is 5.53. The predicted octanol–water partition coefficient (Wildman–Crippen LogP) is 4.20. The molecule has 2 unspecified atom stereocenters. The molecule has 1 nitrogen and oxygen atoms in total. The zero-order valence-electron chi connectivity index (χ0n) is 10.4. The first-order chi connectivity index (χ1) is 7.77. The standard InChI is InChI=1S/C15H22O/c1-12(2)11-14-9-6-10-16-15(14)13-7-4-3-5-8-13/h3-5,7-8,12,14-15H,6,9-11H2,1-2H3. The SMILES string of the molecule is CC(C)CC1CCCOC1c1ccccc1. The molecule has 0 spiro atoms. The van der Waals surface area contributed by atoms with Crippen molar-refractivity contribution in [2.24, 2.45) is 11.8 Å². The molecular weight excluding hydrogens is 196 g/mol. The highest BCUT2D eigenvalue weighted by atomic mass is 16.5. The second kappa shape index (κ2) is 5.49. The first kappa shape index (κ1) is 11.7. The molecule has 2 rings (SSSR count). The first-order valence-corrected chi connectivity index (χ1v) is 6.44. The summed E-state index contributed by atoms with van der Waals surface area (Å²) in [4.78, 5) is 0. The average molecular weight is 218 g/mol. The molecule has 0 aliphatic carbocycles. The van der Waals surface area contributed by atoms with Crippen molar-refractivity contribution in [3.63, 3.8) is 0 Å². The van der Waals surface area contributed by atoms with Gasteiger partial charge in [0.15, 0.2) is 0 Å². The van der Waals surface area contributed by atoms with Crippen LogP contribution in [0.1, 0.15) is 44.8 Å². The van der Waals surface area contributed by atoms with Gasteiger partial charge in [-0.3, -0.25) is 0 Å². The molecule has 1 fully saturated rings. The third-order valence-corrected chi connectivity index (χ3v) is 3.35. The minimum atomic E-state index is 0.331. The molecule has 16 heavy (non-hydrogen) atoms. The predicted molar refractivity (Wildman–Crippen MR) is 67.3 cm³/mol. The van der Waals surface area contributed by atoms with Crippen molar-refractivity contribution in [1.29, 1.82) is 0 Å². The Balaban J connectivity index is 2.10. The minimum Gasteiger partial charge on any atom is -0.373 e. The molecule has 88 valence electrons. The summed E-state index contributed by atoms with van der Waals surface area (Å²) in [6, 6.07) is 10.7. The number of rotatable bonds is 3. The van der Waals surface area contributed by atoms with Crippen molar-refractivity contribution in [3.8, 4) is 0 Å². The molecular formula is C15H22O. The van der Waals surface area contributed by atoms with Crippen molar-refractivity contribution < 1.29 is 4.74 Å². The molecule has 0 N–H and O–H groups in total. The van der Waals surface area contributed by atoms with Crippen molar-refractivity contribution in [3.05, 3.63) is 35.9 Å². The van der Waals surface area contributed by atoms with Gasteiger partial charge in [-0.05, 0) is 36.7 Å². The lowest BCUT2D eigenvalue weighted by Gasteiger charge is -2.33. The molecule has 0 aromatic heterocycles. The highest BCUT2D eigenvalue weighted by Gasteiger charge is 2.27. The van der Waals surface area contributed by atoms with Crippen molar-refractivity contribution in [1.82, 2.24) is 0 Å². The van der Waals surface area contributed by atoms with Gasteiger partial charge in [0, 0.05) is 6.61 Å². The molecule has 0 bridgehead atoms. The van der Waals surface area contributed by atoms with E-state index in [1.165, 1.54) is 24.8 Å². The van der Waals surface area contributed by atoms with Gasteiger partial charge in [-0.2, -0.15) is 0 Å². The van der Waals surface area contributed by atoms with E-state index in [1.54, 1.807) is 0 Å². The van der Waals surface area contributed by atoms with Crippen LogP contribution in [0.15, 0.2) is 30.3 Å². The van der Waals surface area contributed by atoms with Gasteiger partial charge >= 0.3 is 0 Å². The maximum atomic E-state index is 5.98. The molecule has 1 aliphatic heterocycles. The fraction of sp³-hybridized carbons (Fsp3) is 0.600. The lowest BCUT2D eigenvalue weighted by Crippen LogP contribution is -2.23. The Kier molecular flexibility index (Phi) is 4.00. The topological polar surface area (TPSA) is 9.23 Å². The Morgan fingerprint density at radius 2 is 2.00 bits per heavy atom. The molecule has 0 radical (unpaired) electrons. The third kappa shape index (κ3) is 2.85. The highest BCUT2D eigenvalue weighted by Crippen LogP contribution is 2.37. The van der Waals surface area contributed by atoms with Crippen LogP contribution in [0.2, 0.25) is 0 Å². The van der Waals surface area contributed by atoms with Crippen LogP contribution in [0, 0.1) is 11.8 Å². The normalized spacial score (nSPS) is 25.9. The Morgan fingerprint density at radius 3 is 2.69 bits per heavy atom. The van der Waals surface area contributed by atoms with Crippen LogP contribution in [0.5, 0.6) is 0 Å². The van der Waals surface area contributed by atoms with Crippen LogP contribution in [-0.4, -0.2) is 6.61 Å². The molecule has 1 aromatic rings. The number of hydrogen-bond acceptors (Lipinski definition) is 1. The second-order valence-electron chi connectivity index (χ2n) is 5.23. The average Bonchev–Trinajstić information content (AvgIpc) is 2.30. The van der Waals surface area contributed by atoms with E-state index in [1.807, 2.05) is 0 Å². The van der Waals surface area contributed by atoms with Crippen LogP contribution < -0.4 is 0 Å². The summed E-state index contributed by atoms with van der Waals surface area (Å²) in [5.41, 5.74) is 1.35. The number of benzene rings is 1. The van der Waals surface area contributed by atoms with Gasteiger partial charge in [-0.15, -0.1) is 0 Å². The molecule has 1 heteroatoms. The maximum absolute atomic E-state index is 5.98. The quantitative estimate of drug-likeness (QED) is 0.738. The zero-order chi connectivity index (χ0) is 11.4. The Morgan fingerprint density at radius 1 is 1.25 bits per heavy atom. The lowest BCUT2D eigenvalue weighted by molar-refractivity contribution is -0.0347. The summed E-state index contributed by atoms with van der Waals surface area (Å²) in [5.74, 6) is 1.47. The van der Waals surface area contributed by atoms with Crippen LogP contribution in [-0.2, 0) is 4.74 Å². The molecule has 1 heterocycles. The summed E-state index contributed by atoms with van der Waals surface area (Å²) in [7, 11) is 0. The Labute approximate surface area is 98.8 Å². The summed E-state index contributed by atoms with van der Waals surface area (Å²) >= 11 is 0. The fourth-order valence-corrected chi connectivity index (χ4v) is 2.70. The van der Waals surface area contributed by atoms with E-state index in [0.29, 0.717) is 12.0 Å². The summed E-state index contributed by atoms with van der Waals surface area (Å²) in [6.07, 6.45) is 4.15. The van der Waals surface area contributed by atoms with Crippen LogP contribution in [0.3, 0.4) is 0 Å². The molecule has 0 saturated carbocycles. The van der Waals surface area contributed by atoms with Gasteiger partial charge in [0.1, 0.15) is 0 Å². The van der Waals surface area contributed by atoms with Crippen molar-refractivity contribution in [2.75, 3.05) is 6.61 Å². The first-order valence-electron chi connectivity index (χ1n) is 6.44. The minimum absolute atomic E-state index is 0.331. The zero-order valence-corrected chi connectivity index (χ0v) is 10.4. The van der Waals surface area contributed by atoms with E-state index in [4.69, 9.17) is 4.74 Å². The number of ether oxygens (including phenoxy) is 1. The molecule has 1 aliphatic rings. The largest absolute Gasteiger partial charge is 0.373 e. The van der Waals surface area contributed by atoms with E-state index in [9.17, 15) is 0 Å². The molecule has 0 amide bonds. The van der Waals surface area contributed by atoms with Crippen LogP contribution in [0.4, 0.5) is 0 Å². The number of hydrogen-bond donors (Lipinski definition) is 0. The van der Waals surface area contributed by atoms with Gasteiger partial charge in [0.25, 0.3) is 0 Å². The van der Waals surface area contributed by atoms with E-state index in [2.05, 4.69) is 44.2 Å². The van der Waals surface area contributed by atoms with Gasteiger partial charge in [-0.1, -0.05) is 44.2 Å². The van der Waals surface area contributed by atoms with Gasteiger partial charge in [0.05, 0.1) is 6.10 Å². The lowest BCUT2D eigenvalue weighted by atomic mass is 9.83. The maximum Gasteiger partial charge on any atom is 0.0853 e. The summed E-state index contributed by atoms with van der Waals surface area (Å²) < 4.78 is 5.98. The van der Waals surface area contributed by atoms with Gasteiger partial charge in [0.2, 0.25) is 0 Å². The molecule has 1 aromatic carbocycles. The van der Waals surface area contributed by atoms with E-state index >= 15 is 0 Å². The molecule has 1 saturated heterocycles. The highest BCUT2D eigenvalue weighted by molar-refractivity contribution is 5.18. The third-order valence-electron chi connectivity index (χ3n) is 3.35. The Bertz CT molecular complexity index is 304. The smallest absolute Gasteiger partial charge is 0.0853 e. The van der Waals surface area contributed by atoms with Crippen molar-refractivity contribution in [2.45, 2.75) is 39.2 Å². The summed E-state index contributed by atoms with van der Waals surface area (Å²) in [5, 5.41) is 0. The van der Waals surface area contributed by atoms with Crippen molar-refractivity contribution >= 4 is 0 Å². The molecule has 2 atom stereocenters. The van der Waals surface area contributed by atoms with E-state index < -0.39 is 0 Å². The monoisotopic (exact) mass is 218 g/mol. The van der Waals surface area contributed by atoms with E-state index in [0.717, 1.165) is 12.5 Å². The van der Waals surface area contributed by atoms with Gasteiger partial charge < -0.3 is 4.74 Å². The second-order valence-corrected chi connectivity index (χ2v) is 5.23. The van der Waals surface area contributed by atoms with Crippen LogP contribution >= 0.6 is 0 Å². The van der Waals surface area contributed by atoms with E-state index in [-0.39, 0.29) is 0 Å². The van der Waals surface area contributed by atoms with Gasteiger partial charge in [-0.25, -0.2) is 0 Å². The van der Waals surface area contributed by atoms with Crippen LogP contribution in [0.25, 0.3) is 0 Å².